The highest BCUT2D eigenvalue weighted by Gasteiger charge is 2.41. The van der Waals surface area contributed by atoms with E-state index in [4.69, 9.17) is 4.74 Å². The summed E-state index contributed by atoms with van der Waals surface area (Å²) in [5.74, 6) is -2.74. The third kappa shape index (κ3) is 3.65. The van der Waals surface area contributed by atoms with Crippen molar-refractivity contribution < 1.29 is 28.2 Å². The lowest BCUT2D eigenvalue weighted by molar-refractivity contribution is -0.142. The summed E-state index contributed by atoms with van der Waals surface area (Å²) in [7, 11) is 0. The highest BCUT2D eigenvalue weighted by Crippen LogP contribution is 2.38. The van der Waals surface area contributed by atoms with E-state index < -0.39 is 29.6 Å². The maximum Gasteiger partial charge on any atom is 0.331 e. The predicted molar refractivity (Wildman–Crippen MR) is 128 cm³/mol. The van der Waals surface area contributed by atoms with E-state index in [1.165, 1.54) is 23.1 Å². The molecule has 1 N–H and O–H groups in total. The summed E-state index contributed by atoms with van der Waals surface area (Å²) in [6.45, 7) is 2.91. The molecule has 9 heteroatoms. The number of anilines is 1. The Labute approximate surface area is 206 Å². The van der Waals surface area contributed by atoms with Crippen molar-refractivity contribution >= 4 is 17.6 Å². The van der Waals surface area contributed by atoms with Crippen LogP contribution in [0.4, 0.5) is 14.5 Å². The van der Waals surface area contributed by atoms with Gasteiger partial charge < -0.3 is 24.2 Å². The van der Waals surface area contributed by atoms with Gasteiger partial charge in [-0.2, -0.15) is 0 Å². The van der Waals surface area contributed by atoms with E-state index in [1.54, 1.807) is 18.2 Å². The number of carboxylic acid groups (broad SMARTS) is 1. The van der Waals surface area contributed by atoms with Gasteiger partial charge in [0.15, 0.2) is 6.04 Å². The molecule has 0 bridgehead atoms. The van der Waals surface area contributed by atoms with Crippen LogP contribution in [0.2, 0.25) is 0 Å². The SMILES string of the molecule is O=C(O)C(c1ccn2c1CCC2)N1Cc2c(F)cc(-c3ccc(N4CCOCC4)c(F)c3)cc2C1=O. The number of halogens is 2. The van der Waals surface area contributed by atoms with Gasteiger partial charge in [0.05, 0.1) is 25.4 Å². The number of amides is 1. The van der Waals surface area contributed by atoms with Gasteiger partial charge in [0, 0.05) is 48.2 Å². The number of carbonyl (C=O) groups is 2. The topological polar surface area (TPSA) is 75.0 Å². The Hall–Kier alpha value is -3.72. The second-order valence-corrected chi connectivity index (χ2v) is 9.44. The van der Waals surface area contributed by atoms with Crippen LogP contribution in [0.15, 0.2) is 42.6 Å². The summed E-state index contributed by atoms with van der Waals surface area (Å²) in [5, 5.41) is 10.0. The largest absolute Gasteiger partial charge is 0.479 e. The van der Waals surface area contributed by atoms with Crippen LogP contribution < -0.4 is 4.90 Å². The Balaban J connectivity index is 1.33. The smallest absolute Gasteiger partial charge is 0.331 e. The van der Waals surface area contributed by atoms with E-state index >= 15 is 4.39 Å². The molecule has 1 unspecified atom stereocenters. The second-order valence-electron chi connectivity index (χ2n) is 9.44. The van der Waals surface area contributed by atoms with Gasteiger partial charge in [-0.05, 0) is 54.3 Å². The van der Waals surface area contributed by atoms with Crippen LogP contribution in [0.3, 0.4) is 0 Å². The van der Waals surface area contributed by atoms with Crippen molar-refractivity contribution in [3.8, 4) is 11.1 Å². The van der Waals surface area contributed by atoms with Gasteiger partial charge in [-0.25, -0.2) is 13.6 Å². The maximum atomic E-state index is 15.2. The first kappa shape index (κ1) is 22.7. The summed E-state index contributed by atoms with van der Waals surface area (Å²) in [6.07, 6.45) is 3.50. The number of hydrogen-bond acceptors (Lipinski definition) is 4. The molecule has 6 rings (SSSR count). The molecule has 1 fully saturated rings. The fraction of sp³-hybridized carbons (Fsp3) is 0.333. The van der Waals surface area contributed by atoms with Crippen molar-refractivity contribution in [2.75, 3.05) is 31.2 Å². The first-order valence-corrected chi connectivity index (χ1v) is 12.1. The molecule has 186 valence electrons. The minimum absolute atomic E-state index is 0.116. The Kier molecular flexibility index (Phi) is 5.52. The van der Waals surface area contributed by atoms with Crippen LogP contribution in [-0.4, -0.2) is 52.8 Å². The molecule has 1 saturated heterocycles. The van der Waals surface area contributed by atoms with Crippen molar-refractivity contribution in [3.63, 3.8) is 0 Å². The number of morpholine rings is 1. The van der Waals surface area contributed by atoms with Gasteiger partial charge >= 0.3 is 5.97 Å². The number of benzene rings is 2. The summed E-state index contributed by atoms with van der Waals surface area (Å²) in [4.78, 5) is 28.8. The van der Waals surface area contributed by atoms with E-state index in [2.05, 4.69) is 0 Å². The molecule has 2 aromatic carbocycles. The summed E-state index contributed by atoms with van der Waals surface area (Å²) >= 11 is 0. The average molecular weight is 494 g/mol. The quantitative estimate of drug-likeness (QED) is 0.582. The minimum Gasteiger partial charge on any atom is -0.479 e. The van der Waals surface area contributed by atoms with Gasteiger partial charge in [0.1, 0.15) is 11.6 Å². The van der Waals surface area contributed by atoms with Crippen LogP contribution in [0.1, 0.15) is 39.6 Å². The Morgan fingerprint density at radius 3 is 2.53 bits per heavy atom. The van der Waals surface area contributed by atoms with Crippen molar-refractivity contribution in [2.45, 2.75) is 32.0 Å². The third-order valence-corrected chi connectivity index (χ3v) is 7.41. The maximum absolute atomic E-state index is 15.2. The predicted octanol–water partition coefficient (Wildman–Crippen LogP) is 4.00. The van der Waals surface area contributed by atoms with E-state index in [9.17, 15) is 19.1 Å². The standard InChI is InChI=1S/C27H25F2N3O4/c28-21-14-17(16-3-4-24(22(29)13-16)31-8-10-36-11-9-31)12-19-20(21)15-32(26(19)33)25(27(34)35)18-5-7-30-6-1-2-23(18)30/h3-5,7,12-14,25H,1-2,6,8-11,15H2,(H,34,35). The molecule has 4 heterocycles. The minimum atomic E-state index is -1.20. The number of carboxylic acids is 1. The number of aryl methyl sites for hydroxylation is 1. The molecule has 0 radical (unpaired) electrons. The van der Waals surface area contributed by atoms with E-state index in [1.807, 2.05) is 15.7 Å². The molecule has 1 atom stereocenters. The fourth-order valence-electron chi connectivity index (χ4n) is 5.63. The molecule has 1 aromatic heterocycles. The molecular formula is C27H25F2N3O4. The summed E-state index contributed by atoms with van der Waals surface area (Å²) < 4.78 is 37.5. The van der Waals surface area contributed by atoms with Crippen LogP contribution in [0.25, 0.3) is 11.1 Å². The number of aliphatic carboxylic acids is 1. The number of aromatic nitrogens is 1. The molecule has 7 nitrogen and oxygen atoms in total. The molecule has 3 aliphatic heterocycles. The third-order valence-electron chi connectivity index (χ3n) is 7.41. The Morgan fingerprint density at radius 1 is 1.00 bits per heavy atom. The summed E-state index contributed by atoms with van der Waals surface area (Å²) in [5.41, 5.74) is 3.02. The molecule has 3 aromatic rings. The average Bonchev–Trinajstić information content (AvgIpc) is 3.57. The summed E-state index contributed by atoms with van der Waals surface area (Å²) in [6, 6.07) is 8.06. The highest BCUT2D eigenvalue weighted by molar-refractivity contribution is 6.01. The zero-order chi connectivity index (χ0) is 25.0. The van der Waals surface area contributed by atoms with Gasteiger partial charge in [-0.3, -0.25) is 4.79 Å². The van der Waals surface area contributed by atoms with Crippen molar-refractivity contribution in [1.29, 1.82) is 0 Å². The lowest BCUT2D eigenvalue weighted by atomic mass is 9.99. The van der Waals surface area contributed by atoms with E-state index in [0.29, 0.717) is 48.7 Å². The normalized spacial score (nSPS) is 17.9. The first-order valence-electron chi connectivity index (χ1n) is 12.1. The van der Waals surface area contributed by atoms with Gasteiger partial charge in [-0.15, -0.1) is 0 Å². The number of carbonyl (C=O) groups excluding carboxylic acids is 1. The number of ether oxygens (including phenoxy) is 1. The zero-order valence-electron chi connectivity index (χ0n) is 19.5. The van der Waals surface area contributed by atoms with E-state index in [-0.39, 0.29) is 17.7 Å². The van der Waals surface area contributed by atoms with Crippen molar-refractivity contribution in [1.82, 2.24) is 9.47 Å². The Morgan fingerprint density at radius 2 is 1.78 bits per heavy atom. The van der Waals surface area contributed by atoms with Crippen LogP contribution in [-0.2, 0) is 29.0 Å². The Bertz CT molecular complexity index is 1380. The lowest BCUT2D eigenvalue weighted by Gasteiger charge is -2.29. The van der Waals surface area contributed by atoms with Gasteiger partial charge in [0.25, 0.3) is 5.91 Å². The van der Waals surface area contributed by atoms with Gasteiger partial charge in [-0.1, -0.05) is 6.07 Å². The number of rotatable bonds is 5. The molecule has 0 saturated carbocycles. The number of fused-ring (bicyclic) bond motifs is 2. The van der Waals surface area contributed by atoms with Gasteiger partial charge in [0.2, 0.25) is 0 Å². The van der Waals surface area contributed by atoms with Crippen LogP contribution in [0.5, 0.6) is 0 Å². The first-order chi connectivity index (χ1) is 17.4. The van der Waals surface area contributed by atoms with Crippen molar-refractivity contribution in [2.24, 2.45) is 0 Å². The van der Waals surface area contributed by atoms with Crippen molar-refractivity contribution in [3.05, 3.63) is 76.6 Å². The lowest BCUT2D eigenvalue weighted by Crippen LogP contribution is -2.36. The van der Waals surface area contributed by atoms with Crippen LogP contribution >= 0.6 is 0 Å². The van der Waals surface area contributed by atoms with E-state index in [0.717, 1.165) is 25.1 Å². The molecule has 0 spiro atoms. The molecule has 36 heavy (non-hydrogen) atoms. The highest BCUT2D eigenvalue weighted by atomic mass is 19.1. The monoisotopic (exact) mass is 493 g/mol. The fourth-order valence-corrected chi connectivity index (χ4v) is 5.63. The number of nitrogens with zero attached hydrogens (tertiary/aromatic N) is 3. The molecule has 3 aliphatic rings. The molecule has 1 amide bonds. The molecular weight excluding hydrogens is 468 g/mol. The zero-order valence-corrected chi connectivity index (χ0v) is 19.5. The molecule has 0 aliphatic carbocycles. The van der Waals surface area contributed by atoms with Crippen LogP contribution in [0, 0.1) is 11.6 Å². The number of hydrogen-bond donors (Lipinski definition) is 1. The second kappa shape index (κ2) is 8.74.